The molecule has 3 aromatic heterocycles. The van der Waals surface area contributed by atoms with Gasteiger partial charge in [0.15, 0.2) is 17.9 Å². The van der Waals surface area contributed by atoms with Crippen LogP contribution >= 0.6 is 0 Å². The number of para-hydroxylation sites is 1. The Balaban J connectivity index is 1.38. The van der Waals surface area contributed by atoms with Crippen LogP contribution in [0.25, 0.3) is 33.3 Å². The Labute approximate surface area is 208 Å². The molecule has 2 N–H and O–H groups in total. The molecule has 0 unspecified atom stereocenters. The summed E-state index contributed by atoms with van der Waals surface area (Å²) in [5.74, 6) is 2.33. The molecule has 0 atom stereocenters. The molecule has 1 fully saturated rings. The standard InChI is InChI=1S/C29H28N2O5/c1-16-7-12-24(35-19-10-8-18(9-11-19)28-30-13-14-34-28)25-21(29(32)33)15-22(31-26(16)25)27-17(2)20-5-3-4-6-23(20)36-27/h3-7,12-15,18-19,29,32-33H,8-11H2,1-2H3/t18-,19+. The van der Waals surface area contributed by atoms with E-state index in [2.05, 4.69) is 4.98 Å². The summed E-state index contributed by atoms with van der Waals surface area (Å²) >= 11 is 0. The molecule has 184 valence electrons. The summed E-state index contributed by atoms with van der Waals surface area (Å²) in [4.78, 5) is 9.23. The van der Waals surface area contributed by atoms with Crippen LogP contribution in [0.2, 0.25) is 0 Å². The van der Waals surface area contributed by atoms with Gasteiger partial charge >= 0.3 is 0 Å². The second-order valence-corrected chi connectivity index (χ2v) is 9.59. The van der Waals surface area contributed by atoms with Gasteiger partial charge in [-0.05, 0) is 63.3 Å². The largest absolute Gasteiger partial charge is 0.490 e. The summed E-state index contributed by atoms with van der Waals surface area (Å²) in [7, 11) is 0. The van der Waals surface area contributed by atoms with Crippen LogP contribution in [0.4, 0.5) is 0 Å². The molecule has 2 aromatic carbocycles. The summed E-state index contributed by atoms with van der Waals surface area (Å²) in [6, 6.07) is 13.4. The monoisotopic (exact) mass is 484 g/mol. The number of aliphatic hydroxyl groups is 2. The van der Waals surface area contributed by atoms with Gasteiger partial charge in [0.1, 0.15) is 23.3 Å². The van der Waals surface area contributed by atoms with Gasteiger partial charge < -0.3 is 23.8 Å². The molecule has 36 heavy (non-hydrogen) atoms. The lowest BCUT2D eigenvalue weighted by atomic mass is 9.87. The highest BCUT2D eigenvalue weighted by Crippen LogP contribution is 2.40. The first kappa shape index (κ1) is 22.8. The predicted molar refractivity (Wildman–Crippen MR) is 136 cm³/mol. The third-order valence-corrected chi connectivity index (χ3v) is 7.28. The number of oxazole rings is 1. The maximum absolute atomic E-state index is 10.4. The van der Waals surface area contributed by atoms with Crippen LogP contribution in [0.3, 0.4) is 0 Å². The second kappa shape index (κ2) is 9.08. The number of aryl methyl sites for hydroxylation is 2. The van der Waals surface area contributed by atoms with Crippen molar-refractivity contribution >= 4 is 21.9 Å². The van der Waals surface area contributed by atoms with E-state index in [1.165, 1.54) is 0 Å². The number of aliphatic hydroxyl groups excluding tert-OH is 1. The van der Waals surface area contributed by atoms with E-state index in [9.17, 15) is 10.2 Å². The third-order valence-electron chi connectivity index (χ3n) is 7.28. The molecule has 5 aromatic rings. The minimum Gasteiger partial charge on any atom is -0.490 e. The Kier molecular flexibility index (Phi) is 5.74. The number of fused-ring (bicyclic) bond motifs is 2. The van der Waals surface area contributed by atoms with Crippen molar-refractivity contribution in [3.63, 3.8) is 0 Å². The van der Waals surface area contributed by atoms with Gasteiger partial charge in [-0.15, -0.1) is 0 Å². The zero-order chi connectivity index (χ0) is 24.8. The lowest BCUT2D eigenvalue weighted by Crippen LogP contribution is -2.23. The summed E-state index contributed by atoms with van der Waals surface area (Å²) in [5.41, 5.74) is 4.23. The molecule has 1 aliphatic carbocycles. The van der Waals surface area contributed by atoms with Crippen LogP contribution in [-0.2, 0) is 0 Å². The van der Waals surface area contributed by atoms with Crippen molar-refractivity contribution in [3.8, 4) is 17.2 Å². The van der Waals surface area contributed by atoms with E-state index in [-0.39, 0.29) is 6.10 Å². The fourth-order valence-electron chi connectivity index (χ4n) is 5.35. The van der Waals surface area contributed by atoms with Gasteiger partial charge in [0, 0.05) is 22.4 Å². The highest BCUT2D eigenvalue weighted by atomic mass is 16.5. The van der Waals surface area contributed by atoms with Crippen LogP contribution in [-0.4, -0.2) is 26.3 Å². The SMILES string of the molecule is Cc1c(-c2cc(C(O)O)c3c(O[C@H]4CC[C@@H](c5ncco5)CC4)ccc(C)c3n2)oc2ccccc12. The van der Waals surface area contributed by atoms with Crippen molar-refractivity contribution in [2.75, 3.05) is 0 Å². The number of rotatable bonds is 5. The summed E-state index contributed by atoms with van der Waals surface area (Å²) in [5, 5.41) is 22.4. The van der Waals surface area contributed by atoms with E-state index in [4.69, 9.17) is 18.6 Å². The molecular formula is C29H28N2O5. The molecule has 0 aliphatic heterocycles. The van der Waals surface area contributed by atoms with Crippen LogP contribution < -0.4 is 4.74 Å². The Morgan fingerprint density at radius 2 is 1.83 bits per heavy atom. The van der Waals surface area contributed by atoms with E-state index >= 15 is 0 Å². The zero-order valence-electron chi connectivity index (χ0n) is 20.3. The average Bonchev–Trinajstić information content (AvgIpc) is 3.54. The highest BCUT2D eigenvalue weighted by molar-refractivity contribution is 5.94. The smallest absolute Gasteiger partial charge is 0.197 e. The van der Waals surface area contributed by atoms with Crippen LogP contribution in [0, 0.1) is 13.8 Å². The van der Waals surface area contributed by atoms with Gasteiger partial charge in [-0.1, -0.05) is 24.3 Å². The molecular weight excluding hydrogens is 456 g/mol. The van der Waals surface area contributed by atoms with E-state index in [0.717, 1.165) is 53.7 Å². The predicted octanol–water partition coefficient (Wildman–Crippen LogP) is 6.34. The number of ether oxygens (including phenoxy) is 1. The molecule has 0 radical (unpaired) electrons. The summed E-state index contributed by atoms with van der Waals surface area (Å²) in [6.07, 6.45) is 5.22. The van der Waals surface area contributed by atoms with E-state index in [0.29, 0.717) is 39.6 Å². The van der Waals surface area contributed by atoms with Gasteiger partial charge in [-0.2, -0.15) is 0 Å². The van der Waals surface area contributed by atoms with Gasteiger partial charge in [0.2, 0.25) is 0 Å². The molecule has 0 bridgehead atoms. The van der Waals surface area contributed by atoms with Gasteiger partial charge in [0.05, 0.1) is 23.2 Å². The molecule has 0 amide bonds. The molecule has 0 saturated heterocycles. The Hall–Kier alpha value is -3.68. The lowest BCUT2D eigenvalue weighted by Gasteiger charge is -2.28. The fraction of sp³-hybridized carbons (Fsp3) is 0.310. The minimum atomic E-state index is -1.69. The summed E-state index contributed by atoms with van der Waals surface area (Å²) < 4.78 is 18.1. The van der Waals surface area contributed by atoms with Crippen LogP contribution in [0.1, 0.15) is 60.5 Å². The zero-order valence-corrected chi connectivity index (χ0v) is 20.3. The Morgan fingerprint density at radius 1 is 1.03 bits per heavy atom. The van der Waals surface area contributed by atoms with Crippen molar-refractivity contribution < 1.29 is 23.8 Å². The molecule has 6 rings (SSSR count). The van der Waals surface area contributed by atoms with Crippen molar-refractivity contribution in [2.24, 2.45) is 0 Å². The van der Waals surface area contributed by atoms with Gasteiger partial charge in [-0.25, -0.2) is 9.97 Å². The number of nitrogens with zero attached hydrogens (tertiary/aromatic N) is 2. The highest BCUT2D eigenvalue weighted by Gasteiger charge is 2.28. The maximum Gasteiger partial charge on any atom is 0.197 e. The Morgan fingerprint density at radius 3 is 2.56 bits per heavy atom. The molecule has 1 saturated carbocycles. The van der Waals surface area contributed by atoms with Gasteiger partial charge in [-0.3, -0.25) is 0 Å². The quantitative estimate of drug-likeness (QED) is 0.281. The first-order chi connectivity index (χ1) is 17.5. The van der Waals surface area contributed by atoms with E-state index in [1.807, 2.05) is 50.2 Å². The molecule has 1 aliphatic rings. The molecule has 7 nitrogen and oxygen atoms in total. The van der Waals surface area contributed by atoms with Crippen LogP contribution in [0.5, 0.6) is 5.75 Å². The fourth-order valence-corrected chi connectivity index (χ4v) is 5.35. The van der Waals surface area contributed by atoms with Crippen molar-refractivity contribution in [2.45, 2.75) is 57.8 Å². The average molecular weight is 485 g/mol. The number of hydrogen-bond donors (Lipinski definition) is 2. The minimum absolute atomic E-state index is 0.0168. The molecule has 7 heteroatoms. The third kappa shape index (κ3) is 3.94. The number of benzene rings is 2. The first-order valence-electron chi connectivity index (χ1n) is 12.3. The summed E-state index contributed by atoms with van der Waals surface area (Å²) in [6.45, 7) is 3.95. The lowest BCUT2D eigenvalue weighted by molar-refractivity contribution is -0.0414. The van der Waals surface area contributed by atoms with E-state index in [1.54, 1.807) is 18.5 Å². The topological polar surface area (TPSA) is 102 Å². The van der Waals surface area contributed by atoms with Crippen LogP contribution in [0.15, 0.2) is 63.8 Å². The van der Waals surface area contributed by atoms with Crippen molar-refractivity contribution in [1.82, 2.24) is 9.97 Å². The molecule has 3 heterocycles. The first-order valence-corrected chi connectivity index (χ1v) is 12.3. The number of furan rings is 1. The van der Waals surface area contributed by atoms with Crippen molar-refractivity contribution in [1.29, 1.82) is 0 Å². The van der Waals surface area contributed by atoms with Gasteiger partial charge in [0.25, 0.3) is 0 Å². The Bertz CT molecular complexity index is 1530. The number of aromatic nitrogens is 2. The van der Waals surface area contributed by atoms with E-state index < -0.39 is 6.29 Å². The maximum atomic E-state index is 10.4. The normalized spacial score (nSPS) is 18.4. The second-order valence-electron chi connectivity index (χ2n) is 9.59. The number of pyridine rings is 1. The number of hydrogen-bond acceptors (Lipinski definition) is 7. The molecule has 0 spiro atoms. The van der Waals surface area contributed by atoms with Crippen molar-refractivity contribution in [3.05, 3.63) is 77.5 Å².